The molecule has 18 N–H and O–H groups in total. The Hall–Kier alpha value is -10.0. The molecule has 1 aliphatic rings. The van der Waals surface area contributed by atoms with Crippen molar-refractivity contribution >= 4 is 122 Å². The Kier molecular flexibility index (Phi) is 32.0. The predicted molar refractivity (Wildman–Crippen MR) is 400 cm³/mol. The van der Waals surface area contributed by atoms with Crippen LogP contribution in [-0.4, -0.2) is 226 Å². The van der Waals surface area contributed by atoms with Gasteiger partial charge in [0, 0.05) is 94.8 Å². The first kappa shape index (κ1) is 84.3. The van der Waals surface area contributed by atoms with Gasteiger partial charge in [-0.05, 0) is 93.5 Å². The molecule has 0 saturated carbocycles. The van der Waals surface area contributed by atoms with Crippen LogP contribution in [0.15, 0.2) is 97.7 Å². The molecular formula is C73H97N15O17S2. The Morgan fingerprint density at radius 3 is 1.73 bits per heavy atom. The molecule has 1 saturated heterocycles. The minimum atomic E-state index is -1.65. The number of H-pyrrole nitrogens is 3. The maximum absolute atomic E-state index is 15.5. The number of Topliss-reactive ketones (excluding diaryl/α,β-unsaturated/α-hetero) is 3. The van der Waals surface area contributed by atoms with Gasteiger partial charge in [-0.25, -0.2) is 4.98 Å². The van der Waals surface area contributed by atoms with Crippen LogP contribution in [0, 0.1) is 11.8 Å². The number of nitrogens with one attached hydrogen (secondary N) is 14. The number of carbonyl (C=O) groups excluding carboxylic acids is 11. The topological polar surface area (TPSA) is 495 Å². The van der Waals surface area contributed by atoms with Crippen LogP contribution in [0.1, 0.15) is 96.5 Å². The van der Waals surface area contributed by atoms with Gasteiger partial charge in [0.15, 0.2) is 11.6 Å². The maximum Gasteiger partial charge on any atom is 0.305 e. The van der Waals surface area contributed by atoms with E-state index in [9.17, 15) is 73.2 Å². The Morgan fingerprint density at radius 1 is 0.617 bits per heavy atom. The minimum absolute atomic E-state index is 0.0538. The smallest absolute Gasteiger partial charge is 0.305 e. The number of para-hydroxylation sites is 2. The fraction of sp³-hybridized carbons (Fsp3) is 0.479. The van der Waals surface area contributed by atoms with Crippen molar-refractivity contribution in [2.75, 3.05) is 30.2 Å². The highest BCUT2D eigenvalue weighted by Crippen LogP contribution is 2.24. The number of aromatic hydroxyl groups is 1. The number of amides is 8. The number of carboxylic acids is 2. The highest BCUT2D eigenvalue weighted by molar-refractivity contribution is 8.16. The largest absolute Gasteiger partial charge is 0.508 e. The summed E-state index contributed by atoms with van der Waals surface area (Å²) in [6, 6.07) is 2.96. The Morgan fingerprint density at radius 2 is 1.17 bits per heavy atom. The Labute approximate surface area is 626 Å². The third kappa shape index (κ3) is 25.3. The molecule has 1 fully saturated rings. The van der Waals surface area contributed by atoms with Gasteiger partial charge in [-0.3, -0.25) is 73.0 Å². The number of rotatable bonds is 23. The van der Waals surface area contributed by atoms with Crippen LogP contribution < -0.4 is 58.5 Å². The third-order valence-corrected chi connectivity index (χ3v) is 20.5. The van der Waals surface area contributed by atoms with Crippen LogP contribution in [0.25, 0.3) is 21.8 Å². The van der Waals surface area contributed by atoms with Crippen LogP contribution >= 0.6 is 23.5 Å². The molecule has 8 amide bonds. The molecule has 0 spiro atoms. The Bertz CT molecular complexity index is 4090. The second-order valence-corrected chi connectivity index (χ2v) is 29.7. The molecule has 7 rings (SSSR count). The fourth-order valence-electron chi connectivity index (χ4n) is 12.3. The number of nitrogens with zero attached hydrogens (tertiary/aromatic N) is 1. The summed E-state index contributed by atoms with van der Waals surface area (Å²) in [7, 11) is 1.40. The van der Waals surface area contributed by atoms with Crippen LogP contribution in [0.3, 0.4) is 0 Å². The predicted octanol–water partition coefficient (Wildman–Crippen LogP) is 0.707. The summed E-state index contributed by atoms with van der Waals surface area (Å²) >= 11 is 2.32. The molecular weight excluding hydrogens is 1420 g/mol. The number of aliphatic hydroxyl groups is 1. The van der Waals surface area contributed by atoms with Gasteiger partial charge in [-0.2, -0.15) is 0 Å². The number of ketones is 3. The highest BCUT2D eigenvalue weighted by Gasteiger charge is 2.39. The molecule has 1 aliphatic heterocycles. The number of fused-ring (bicyclic) bond motifs is 2. The maximum atomic E-state index is 15.5. The summed E-state index contributed by atoms with van der Waals surface area (Å²) in [4.78, 5) is 198. The molecule has 3 aromatic heterocycles. The molecule has 0 aliphatic carbocycles. The van der Waals surface area contributed by atoms with Gasteiger partial charge in [0.25, 0.3) is 0 Å². The van der Waals surface area contributed by atoms with E-state index in [1.165, 1.54) is 64.6 Å². The van der Waals surface area contributed by atoms with Crippen LogP contribution in [0.2, 0.25) is 0 Å². The lowest BCUT2D eigenvalue weighted by atomic mass is 9.95. The van der Waals surface area contributed by atoms with Crippen molar-refractivity contribution in [1.29, 1.82) is 0 Å². The van der Waals surface area contributed by atoms with Gasteiger partial charge < -0.3 is 83.2 Å². The van der Waals surface area contributed by atoms with Crippen LogP contribution in [-0.2, 0) is 88.0 Å². The number of aliphatic carboxylic acids is 2. The lowest BCUT2D eigenvalue weighted by Crippen LogP contribution is -2.61. The fourth-order valence-corrected chi connectivity index (χ4v) is 14.6. The van der Waals surface area contributed by atoms with Crippen molar-refractivity contribution in [3.63, 3.8) is 0 Å². The molecule has 107 heavy (non-hydrogen) atoms. The highest BCUT2D eigenvalue weighted by atomic mass is 32.2. The van der Waals surface area contributed by atoms with Gasteiger partial charge >= 0.3 is 11.9 Å². The van der Waals surface area contributed by atoms with E-state index in [4.69, 9.17) is 0 Å². The standard InChI is InChI=1S/C73H97N15O17S2/c1-37(2)23-54-72(104)88-63(38(3)4)73(105)83-53(25-43-29-76-49-15-11-9-13-47(43)49)66(98)59(82-64(40(6)89)41(7)90)34-107-36-106-33-58(65(97)52(74-8)28-62(95)96)80-39(5)67(99)84-56(26-44-30-77-50-16-12-10-14-48(44)50)70(102)87-57(27-45-31-75-35-79-45)71(103)86-55(24-42-17-19-46(91)20-18-42)68(100)78-32-60(92)81-51(69(101)85-54)21-22-61(93)94/h9-20,29-31,35,37-40,51-59,63-64,74,76-77,80,82,89,91H,21-28,32-34,36H2,1-8H3,(H,75,79)(H,78,100)(H,81,92)(H,83,105)(H,84,99)(H,85,101)(H,86,103)(H,87,102)(H,88,104)(H,93,94)(H,95,96)/t39?,40-,51+,52+,53+,54+,55+,56+,57+,58?,59?,63+,64+/m1/s1. The number of aromatic nitrogens is 4. The second kappa shape index (κ2) is 40.6. The SMILES string of the molecule is CN[C@@H](CC(=O)O)C(=O)C1CSCSCC(N[C@H](C(C)=O)[C@@H](C)O)C(=O)[C@H](Cc2c[nH]c3ccccc23)NC(=O)[C@H](C(C)C)NC(=O)[C@H](CC(C)C)NC(=O)[C@H](CCC(=O)O)NC(=O)CNC(=O)[C@H](Cc2ccc(O)cc2)NC(=O)[C@H](Cc2cnc[nH]2)NC(=O)[C@H](Cc2c[nH]c3ccccc23)NC(=O)C(C)N1. The van der Waals surface area contributed by atoms with Crippen molar-refractivity contribution in [3.8, 4) is 5.75 Å². The van der Waals surface area contributed by atoms with E-state index in [0.29, 0.717) is 44.2 Å². The van der Waals surface area contributed by atoms with Crippen LogP contribution in [0.5, 0.6) is 5.75 Å². The monoisotopic (exact) mass is 1520 g/mol. The Balaban J connectivity index is 1.30. The number of benzene rings is 3. The number of hydrogen-bond acceptors (Lipinski definition) is 21. The molecule has 4 heterocycles. The molecule has 34 heteroatoms. The van der Waals surface area contributed by atoms with E-state index >= 15 is 9.59 Å². The van der Waals surface area contributed by atoms with Crippen molar-refractivity contribution < 1.29 is 82.8 Å². The number of phenolic OH excluding ortho intramolecular Hbond substituents is 1. The number of aromatic amines is 3. The summed E-state index contributed by atoms with van der Waals surface area (Å²) in [6.45, 7) is 9.88. The van der Waals surface area contributed by atoms with Crippen molar-refractivity contribution in [3.05, 3.63) is 120 Å². The van der Waals surface area contributed by atoms with Crippen molar-refractivity contribution in [2.45, 2.75) is 178 Å². The van der Waals surface area contributed by atoms with Crippen LogP contribution in [0.4, 0.5) is 0 Å². The lowest BCUT2D eigenvalue weighted by Gasteiger charge is -2.31. The van der Waals surface area contributed by atoms with E-state index in [1.54, 1.807) is 76.5 Å². The van der Waals surface area contributed by atoms with E-state index in [2.05, 4.69) is 78.4 Å². The van der Waals surface area contributed by atoms with E-state index in [1.807, 2.05) is 12.1 Å². The zero-order valence-electron chi connectivity index (χ0n) is 60.7. The van der Waals surface area contributed by atoms with Crippen molar-refractivity contribution in [2.24, 2.45) is 11.8 Å². The molecule has 13 atom stereocenters. The van der Waals surface area contributed by atoms with E-state index in [-0.39, 0.29) is 60.4 Å². The number of carboxylic acid groups (broad SMARTS) is 2. The molecule has 6 aromatic rings. The lowest BCUT2D eigenvalue weighted by molar-refractivity contribution is -0.140. The quantitative estimate of drug-likeness (QED) is 0.0420. The number of hydrogen-bond donors (Lipinski definition) is 18. The van der Waals surface area contributed by atoms with Gasteiger partial charge in [-0.1, -0.05) is 76.2 Å². The summed E-state index contributed by atoms with van der Waals surface area (Å²) in [5, 5.41) is 72.6. The first-order valence-electron chi connectivity index (χ1n) is 35.2. The number of phenols is 1. The van der Waals surface area contributed by atoms with E-state index < -0.39 is 187 Å². The number of thioether (sulfide) groups is 2. The third-order valence-electron chi connectivity index (χ3n) is 18.1. The molecule has 0 radical (unpaired) electrons. The molecule has 3 aromatic carbocycles. The van der Waals surface area contributed by atoms with Gasteiger partial charge in [0.05, 0.1) is 61.6 Å². The van der Waals surface area contributed by atoms with Gasteiger partial charge in [0.2, 0.25) is 47.3 Å². The molecule has 578 valence electrons. The summed E-state index contributed by atoms with van der Waals surface area (Å²) in [5.41, 5.74) is 3.26. The molecule has 0 bridgehead atoms. The average molecular weight is 1520 g/mol. The molecule has 32 nitrogen and oxygen atoms in total. The van der Waals surface area contributed by atoms with E-state index in [0.717, 1.165) is 23.5 Å². The minimum Gasteiger partial charge on any atom is -0.508 e. The van der Waals surface area contributed by atoms with Gasteiger partial charge in [-0.15, -0.1) is 23.5 Å². The first-order chi connectivity index (χ1) is 50.9. The van der Waals surface area contributed by atoms with Crippen molar-refractivity contribution in [1.82, 2.24) is 78.4 Å². The molecule has 3 unspecified atom stereocenters. The zero-order valence-corrected chi connectivity index (χ0v) is 62.4. The second-order valence-electron chi connectivity index (χ2n) is 27.3. The number of imidazole rings is 1. The number of aliphatic hydroxyl groups excluding tert-OH is 1. The first-order valence-corrected chi connectivity index (χ1v) is 37.5. The number of likely N-dealkylation sites (N-methyl/N-ethyl adjacent to an activating group) is 1. The summed E-state index contributed by atoms with van der Waals surface area (Å²) in [6.07, 6.45) is 1.91. The zero-order chi connectivity index (χ0) is 78.2. The summed E-state index contributed by atoms with van der Waals surface area (Å²) in [5.74, 6) is -13.3. The van der Waals surface area contributed by atoms with Gasteiger partial charge in [0.1, 0.15) is 47.8 Å². The average Bonchev–Trinajstić information content (AvgIpc) is 1.64. The normalized spacial score (nSPS) is 23.3. The number of carbonyl (C=O) groups is 13. The summed E-state index contributed by atoms with van der Waals surface area (Å²) < 4.78 is 0.